The van der Waals surface area contributed by atoms with Crippen LogP contribution >= 0.6 is 0 Å². The van der Waals surface area contributed by atoms with Gasteiger partial charge in [-0.1, -0.05) is 24.3 Å². The van der Waals surface area contributed by atoms with Crippen molar-refractivity contribution in [2.75, 3.05) is 18.5 Å². The third-order valence-corrected chi connectivity index (χ3v) is 2.49. The maximum Gasteiger partial charge on any atom is 0.258 e. The van der Waals surface area contributed by atoms with Crippen LogP contribution in [0.3, 0.4) is 0 Å². The topological polar surface area (TPSA) is 80.3 Å². The van der Waals surface area contributed by atoms with Crippen molar-refractivity contribution in [1.29, 1.82) is 0 Å². The lowest BCUT2D eigenvalue weighted by Gasteiger charge is -2.07. The second-order valence-corrected chi connectivity index (χ2v) is 4.14. The van der Waals surface area contributed by atoms with E-state index in [2.05, 4.69) is 15.6 Å². The lowest BCUT2D eigenvalue weighted by molar-refractivity contribution is -0.125. The van der Waals surface area contributed by atoms with Crippen molar-refractivity contribution in [1.82, 2.24) is 10.3 Å². The highest BCUT2D eigenvalue weighted by atomic mass is 16.5. The first kappa shape index (κ1) is 14.5. The molecule has 1 aromatic heterocycles. The van der Waals surface area contributed by atoms with Crippen LogP contribution in [0.1, 0.15) is 0 Å². The summed E-state index contributed by atoms with van der Waals surface area (Å²) in [6, 6.07) is 14.2. The average Bonchev–Trinajstić information content (AvgIpc) is 2.53. The molecular weight excluding hydrogens is 270 g/mol. The first-order valence-corrected chi connectivity index (χ1v) is 6.39. The number of nitrogens with zero attached hydrogens (tertiary/aromatic N) is 1. The molecule has 6 nitrogen and oxygen atoms in total. The minimum absolute atomic E-state index is 0.131. The molecule has 0 atom stereocenters. The van der Waals surface area contributed by atoms with Gasteiger partial charge in [0.2, 0.25) is 5.91 Å². The van der Waals surface area contributed by atoms with Gasteiger partial charge in [-0.25, -0.2) is 4.98 Å². The zero-order valence-corrected chi connectivity index (χ0v) is 11.3. The van der Waals surface area contributed by atoms with E-state index in [1.54, 1.807) is 36.5 Å². The van der Waals surface area contributed by atoms with Crippen LogP contribution in [0.5, 0.6) is 5.75 Å². The van der Waals surface area contributed by atoms with Crippen molar-refractivity contribution >= 4 is 17.6 Å². The Hall–Kier alpha value is -2.89. The number of amides is 2. The van der Waals surface area contributed by atoms with Crippen molar-refractivity contribution in [2.24, 2.45) is 0 Å². The van der Waals surface area contributed by atoms with E-state index in [0.29, 0.717) is 11.6 Å². The molecule has 2 aromatic rings. The Labute approximate surface area is 122 Å². The molecule has 1 aromatic carbocycles. The van der Waals surface area contributed by atoms with Gasteiger partial charge in [0.1, 0.15) is 11.6 Å². The molecule has 2 rings (SSSR count). The maximum atomic E-state index is 11.6. The summed E-state index contributed by atoms with van der Waals surface area (Å²) in [6.07, 6.45) is 1.57. The molecule has 2 amide bonds. The second-order valence-electron chi connectivity index (χ2n) is 4.14. The van der Waals surface area contributed by atoms with E-state index in [9.17, 15) is 9.59 Å². The minimum atomic E-state index is -0.366. The van der Waals surface area contributed by atoms with Crippen LogP contribution in [0.4, 0.5) is 5.82 Å². The van der Waals surface area contributed by atoms with Gasteiger partial charge in [-0.3, -0.25) is 9.59 Å². The van der Waals surface area contributed by atoms with Crippen molar-refractivity contribution < 1.29 is 14.3 Å². The van der Waals surface area contributed by atoms with E-state index in [-0.39, 0.29) is 25.0 Å². The molecule has 0 aliphatic rings. The normalized spacial score (nSPS) is 9.71. The standard InChI is InChI=1S/C15H15N3O3/c19-14(18-13-8-4-5-9-16-13)10-17-15(20)11-21-12-6-2-1-3-7-12/h1-9H,10-11H2,(H,17,20)(H,16,18,19). The first-order valence-electron chi connectivity index (χ1n) is 6.39. The molecule has 2 N–H and O–H groups in total. The Morgan fingerprint density at radius 1 is 1.00 bits per heavy atom. The summed E-state index contributed by atoms with van der Waals surface area (Å²) < 4.78 is 5.26. The van der Waals surface area contributed by atoms with Gasteiger partial charge in [-0.05, 0) is 24.3 Å². The van der Waals surface area contributed by atoms with Gasteiger partial charge in [0.15, 0.2) is 6.61 Å². The summed E-state index contributed by atoms with van der Waals surface area (Å²) in [5.41, 5.74) is 0. The molecule has 0 aliphatic carbocycles. The smallest absolute Gasteiger partial charge is 0.258 e. The predicted molar refractivity (Wildman–Crippen MR) is 77.8 cm³/mol. The van der Waals surface area contributed by atoms with Crippen molar-refractivity contribution in [2.45, 2.75) is 0 Å². The number of carbonyl (C=O) groups excluding carboxylic acids is 2. The van der Waals surface area contributed by atoms with E-state index < -0.39 is 0 Å². The minimum Gasteiger partial charge on any atom is -0.484 e. The van der Waals surface area contributed by atoms with E-state index in [0.717, 1.165) is 0 Å². The summed E-state index contributed by atoms with van der Waals surface area (Å²) in [5, 5.41) is 5.03. The number of hydrogen-bond acceptors (Lipinski definition) is 4. The number of aromatic nitrogens is 1. The SMILES string of the molecule is O=C(COc1ccccc1)NCC(=O)Nc1ccccn1. The fraction of sp³-hybridized carbons (Fsp3) is 0.133. The molecule has 0 fully saturated rings. The maximum absolute atomic E-state index is 11.6. The zero-order chi connectivity index (χ0) is 14.9. The molecule has 0 radical (unpaired) electrons. The Kier molecular flexibility index (Phi) is 5.28. The number of benzene rings is 1. The summed E-state index contributed by atoms with van der Waals surface area (Å²) in [7, 11) is 0. The van der Waals surface area contributed by atoms with Crippen LogP contribution in [-0.2, 0) is 9.59 Å². The number of pyridine rings is 1. The highest BCUT2D eigenvalue weighted by Gasteiger charge is 2.07. The first-order chi connectivity index (χ1) is 10.2. The average molecular weight is 285 g/mol. The monoisotopic (exact) mass is 285 g/mol. The molecule has 0 aliphatic heterocycles. The van der Waals surface area contributed by atoms with Crippen molar-refractivity contribution in [3.8, 4) is 5.75 Å². The summed E-state index contributed by atoms with van der Waals surface area (Å²) in [6.45, 7) is -0.269. The number of nitrogens with one attached hydrogen (secondary N) is 2. The Balaban J connectivity index is 1.68. The van der Waals surface area contributed by atoms with Gasteiger partial charge in [0.25, 0.3) is 5.91 Å². The Bertz CT molecular complexity index is 588. The Morgan fingerprint density at radius 2 is 1.76 bits per heavy atom. The van der Waals surface area contributed by atoms with Gasteiger partial charge in [0.05, 0.1) is 6.54 Å². The lowest BCUT2D eigenvalue weighted by atomic mass is 10.3. The number of carbonyl (C=O) groups is 2. The second kappa shape index (κ2) is 7.64. The molecule has 0 unspecified atom stereocenters. The van der Waals surface area contributed by atoms with Gasteiger partial charge in [-0.15, -0.1) is 0 Å². The fourth-order valence-electron chi connectivity index (χ4n) is 1.52. The van der Waals surface area contributed by atoms with E-state index >= 15 is 0 Å². The van der Waals surface area contributed by atoms with E-state index in [1.165, 1.54) is 0 Å². The number of ether oxygens (including phenoxy) is 1. The van der Waals surface area contributed by atoms with Crippen LogP contribution in [0.25, 0.3) is 0 Å². The molecule has 0 bridgehead atoms. The number of rotatable bonds is 6. The molecule has 6 heteroatoms. The third kappa shape index (κ3) is 5.32. The highest BCUT2D eigenvalue weighted by Crippen LogP contribution is 2.07. The van der Waals surface area contributed by atoms with Crippen molar-refractivity contribution in [3.05, 3.63) is 54.7 Å². The fourth-order valence-corrected chi connectivity index (χ4v) is 1.52. The largest absolute Gasteiger partial charge is 0.484 e. The van der Waals surface area contributed by atoms with Gasteiger partial charge in [0, 0.05) is 6.20 Å². The zero-order valence-electron chi connectivity index (χ0n) is 11.3. The van der Waals surface area contributed by atoms with Gasteiger partial charge >= 0.3 is 0 Å². The summed E-state index contributed by atoms with van der Waals surface area (Å²) >= 11 is 0. The quantitative estimate of drug-likeness (QED) is 0.836. The molecule has 1 heterocycles. The summed E-state index contributed by atoms with van der Waals surface area (Å²) in [4.78, 5) is 27.1. The molecule has 0 saturated carbocycles. The predicted octanol–water partition coefficient (Wildman–Crippen LogP) is 1.22. The van der Waals surface area contributed by atoms with E-state index in [4.69, 9.17) is 4.74 Å². The van der Waals surface area contributed by atoms with Gasteiger partial charge in [-0.2, -0.15) is 0 Å². The lowest BCUT2D eigenvalue weighted by Crippen LogP contribution is -2.35. The molecule has 21 heavy (non-hydrogen) atoms. The number of hydrogen-bond donors (Lipinski definition) is 2. The van der Waals surface area contributed by atoms with Gasteiger partial charge < -0.3 is 15.4 Å². The van der Waals surface area contributed by atoms with Crippen LogP contribution in [0.2, 0.25) is 0 Å². The molecule has 0 saturated heterocycles. The molecular formula is C15H15N3O3. The summed E-state index contributed by atoms with van der Waals surface area (Å²) in [5.74, 6) is 0.333. The molecule has 0 spiro atoms. The number of para-hydroxylation sites is 1. The van der Waals surface area contributed by atoms with Crippen LogP contribution in [-0.4, -0.2) is 29.9 Å². The van der Waals surface area contributed by atoms with Crippen LogP contribution in [0.15, 0.2) is 54.7 Å². The van der Waals surface area contributed by atoms with Crippen LogP contribution in [0, 0.1) is 0 Å². The van der Waals surface area contributed by atoms with Crippen LogP contribution < -0.4 is 15.4 Å². The highest BCUT2D eigenvalue weighted by molar-refractivity contribution is 5.93. The molecule has 108 valence electrons. The number of anilines is 1. The van der Waals surface area contributed by atoms with E-state index in [1.807, 2.05) is 18.2 Å². The Morgan fingerprint density at radius 3 is 2.48 bits per heavy atom. The van der Waals surface area contributed by atoms with Crippen molar-refractivity contribution in [3.63, 3.8) is 0 Å². The third-order valence-electron chi connectivity index (χ3n) is 2.49.